The van der Waals surface area contributed by atoms with E-state index < -0.39 is 126 Å². The van der Waals surface area contributed by atoms with Crippen LogP contribution in [-0.2, 0) is 67.2 Å². The molecule has 0 unspecified atom stereocenters. The molecule has 0 aliphatic heterocycles. The van der Waals surface area contributed by atoms with E-state index in [1.807, 2.05) is 0 Å². The Morgan fingerprint density at radius 1 is 0.537 bits per heavy atom. The lowest BCUT2D eigenvalue weighted by atomic mass is 9.99. The smallest absolute Gasteiger partial charge is 0.245 e. The maximum absolute atomic E-state index is 14.6. The molecule has 3 aromatic rings. The van der Waals surface area contributed by atoms with Gasteiger partial charge in [0, 0.05) is 37.7 Å². The number of imidazole rings is 1. The summed E-state index contributed by atoms with van der Waals surface area (Å²) in [4.78, 5) is 147. The van der Waals surface area contributed by atoms with E-state index in [9.17, 15) is 53.1 Å². The second kappa shape index (κ2) is 33.1. The number of aliphatic hydroxyl groups is 1. The average Bonchev–Trinajstić information content (AvgIpc) is 3.91. The van der Waals surface area contributed by atoms with Gasteiger partial charge in [-0.1, -0.05) is 88.4 Å². The molecular weight excluding hydrogens is 1040 g/mol. The van der Waals surface area contributed by atoms with Crippen molar-refractivity contribution in [2.75, 3.05) is 6.54 Å². The molecular formula is C53H80N16O11. The molecule has 1 heterocycles. The molecule has 0 fully saturated rings. The third kappa shape index (κ3) is 23.6. The van der Waals surface area contributed by atoms with Gasteiger partial charge in [-0.2, -0.15) is 0 Å². The molecule has 0 bridgehead atoms. The molecule has 20 N–H and O–H groups in total. The number of aliphatic hydroxyl groups excluding tert-OH is 1. The van der Waals surface area contributed by atoms with Gasteiger partial charge in [0.2, 0.25) is 59.1 Å². The number of primary amides is 2. The Bertz CT molecular complexity index is 2560. The molecule has 0 saturated heterocycles. The Morgan fingerprint density at radius 3 is 1.43 bits per heavy atom. The fourth-order valence-electron chi connectivity index (χ4n) is 8.13. The first-order valence-electron chi connectivity index (χ1n) is 26.3. The van der Waals surface area contributed by atoms with Gasteiger partial charge in [0.15, 0.2) is 5.96 Å². The van der Waals surface area contributed by atoms with E-state index in [0.29, 0.717) is 16.8 Å². The van der Waals surface area contributed by atoms with Crippen molar-refractivity contribution in [1.82, 2.24) is 52.5 Å². The zero-order valence-corrected chi connectivity index (χ0v) is 46.0. The quantitative estimate of drug-likeness (QED) is 0.0157. The van der Waals surface area contributed by atoms with Crippen LogP contribution in [0.1, 0.15) is 90.5 Å². The third-order valence-electron chi connectivity index (χ3n) is 12.2. The molecule has 2 aromatic carbocycles. The van der Waals surface area contributed by atoms with Crippen LogP contribution in [-0.4, -0.2) is 147 Å². The molecule has 0 saturated carbocycles. The van der Waals surface area contributed by atoms with Gasteiger partial charge in [0.1, 0.15) is 48.3 Å². The normalized spacial score (nSPS) is 14.9. The summed E-state index contributed by atoms with van der Waals surface area (Å²) in [6.07, 6.45) is 0.215. The highest BCUT2D eigenvalue weighted by Crippen LogP contribution is 2.13. The fourth-order valence-corrected chi connectivity index (χ4v) is 8.13. The lowest BCUT2D eigenvalue weighted by Crippen LogP contribution is -2.62. The second-order valence-electron chi connectivity index (χ2n) is 20.4. The van der Waals surface area contributed by atoms with Crippen LogP contribution in [0.3, 0.4) is 0 Å². The summed E-state index contributed by atoms with van der Waals surface area (Å²) >= 11 is 0. The van der Waals surface area contributed by atoms with Gasteiger partial charge in [0.05, 0.1) is 24.9 Å². The predicted octanol–water partition coefficient (Wildman–Crippen LogP) is -3.45. The number of carbonyl (C=O) groups is 10. The first kappa shape index (κ1) is 65.8. The van der Waals surface area contributed by atoms with Crippen molar-refractivity contribution < 1.29 is 53.1 Å². The number of guanidine groups is 1. The maximum Gasteiger partial charge on any atom is 0.245 e. The summed E-state index contributed by atoms with van der Waals surface area (Å²) in [5, 5.41) is 31.2. The van der Waals surface area contributed by atoms with Crippen LogP contribution in [0.5, 0.6) is 0 Å². The number of H-pyrrole nitrogens is 1. The lowest BCUT2D eigenvalue weighted by Gasteiger charge is -2.29. The van der Waals surface area contributed by atoms with Crippen molar-refractivity contribution in [1.29, 1.82) is 0 Å². The Hall–Kier alpha value is -8.46. The van der Waals surface area contributed by atoms with Crippen LogP contribution < -0.4 is 71.2 Å². The number of carbonyl (C=O) groups excluding carboxylic acids is 10. The fraction of sp³-hybridized carbons (Fsp3) is 0.509. The number of benzene rings is 2. The molecule has 27 nitrogen and oxygen atoms in total. The number of nitrogens with two attached hydrogens (primary N) is 5. The highest BCUT2D eigenvalue weighted by atomic mass is 16.3. The number of aromatic amines is 1. The van der Waals surface area contributed by atoms with E-state index in [4.69, 9.17) is 28.7 Å². The number of hydrogen-bond acceptors (Lipinski definition) is 14. The minimum absolute atomic E-state index is 0.0137. The zero-order chi connectivity index (χ0) is 59.6. The van der Waals surface area contributed by atoms with Crippen LogP contribution in [0.25, 0.3) is 0 Å². The largest absolute Gasteiger partial charge is 0.391 e. The van der Waals surface area contributed by atoms with Crippen molar-refractivity contribution in [2.45, 2.75) is 153 Å². The minimum atomic E-state index is -1.80. The van der Waals surface area contributed by atoms with Gasteiger partial charge in [-0.25, -0.2) is 4.98 Å². The molecule has 0 radical (unpaired) electrons. The van der Waals surface area contributed by atoms with Gasteiger partial charge in [0.25, 0.3) is 0 Å². The molecule has 3 rings (SSSR count). The molecule has 27 heteroatoms. The summed E-state index contributed by atoms with van der Waals surface area (Å²) in [6.45, 7) is 9.84. The number of amides is 10. The Labute approximate surface area is 464 Å². The summed E-state index contributed by atoms with van der Waals surface area (Å²) in [5.74, 6) is -9.54. The van der Waals surface area contributed by atoms with Gasteiger partial charge in [-0.05, 0) is 62.5 Å². The van der Waals surface area contributed by atoms with E-state index >= 15 is 0 Å². The molecule has 10 atom stereocenters. The molecule has 438 valence electrons. The summed E-state index contributed by atoms with van der Waals surface area (Å²) in [6, 6.07) is 4.85. The summed E-state index contributed by atoms with van der Waals surface area (Å²) in [7, 11) is 0. The summed E-state index contributed by atoms with van der Waals surface area (Å²) < 4.78 is 0. The highest BCUT2D eigenvalue weighted by molar-refractivity contribution is 5.99. The molecule has 0 spiro atoms. The standard InChI is InChI=1S/C53H80N16O11/c1-28(2)20-37(47(75)62-35(18-13-19-60-53(57)58)46(74)63-36(44(56)72)22-32-14-9-7-10-15-32)65-48(76)39(23-33-16-11-8-12-17-33)66-49(77)40(24-34-26-59-27-61-34)67-50(78)41(25-42(55)71)68-52(80)43(31(6)70)69-51(79)38(21-29(3)4)64-45(73)30(5)54/h7-12,14-17,26-31,35-41,43,70H,13,18-25,54H2,1-6H3,(H2,55,71)(H2,56,72)(H,59,61)(H,62,75)(H,63,74)(H,64,73)(H,65,76)(H,66,77)(H,67,78)(H,68,80)(H,69,79)(H4,57,58,60)/t30-,31+,35-,36-,37-,38-,39-,40-,41-,43-/m0/s1. The number of hydrogen-bond donors (Lipinski definition) is 15. The molecule has 10 amide bonds. The number of rotatable bonds is 34. The third-order valence-corrected chi connectivity index (χ3v) is 12.2. The van der Waals surface area contributed by atoms with Crippen LogP contribution in [0.4, 0.5) is 0 Å². The van der Waals surface area contributed by atoms with Gasteiger partial charge >= 0.3 is 0 Å². The van der Waals surface area contributed by atoms with Crippen LogP contribution in [0, 0.1) is 11.8 Å². The predicted molar refractivity (Wildman–Crippen MR) is 295 cm³/mol. The Kier molecular flexibility index (Phi) is 27.2. The topological polar surface area (TPSA) is 458 Å². The molecule has 80 heavy (non-hydrogen) atoms. The van der Waals surface area contributed by atoms with Gasteiger partial charge in [-0.3, -0.25) is 52.9 Å². The SMILES string of the molecule is CC(C)C[C@H](NC(=O)[C@H](C)N)C(=O)N[C@H](C(=O)N[C@@H](CC(N)=O)C(=O)N[C@@H](Cc1cnc[nH]1)C(=O)N[C@@H](Cc1ccccc1)C(=O)N[C@@H](CC(C)C)C(=O)N[C@@H](CCCN=C(N)N)C(=O)N[C@@H](Cc1ccccc1)C(N)=O)[C@@H](C)O. The molecule has 1 aromatic heterocycles. The number of aromatic nitrogens is 2. The minimum Gasteiger partial charge on any atom is -0.391 e. The van der Waals surface area contributed by atoms with Crippen LogP contribution >= 0.6 is 0 Å². The van der Waals surface area contributed by atoms with E-state index in [2.05, 4.69) is 57.5 Å². The maximum atomic E-state index is 14.6. The van der Waals surface area contributed by atoms with E-state index in [-0.39, 0.29) is 69.3 Å². The Balaban J connectivity index is 1.96. The first-order chi connectivity index (χ1) is 37.7. The second-order valence-corrected chi connectivity index (χ2v) is 20.4. The van der Waals surface area contributed by atoms with Crippen molar-refractivity contribution in [2.24, 2.45) is 45.5 Å². The first-order valence-corrected chi connectivity index (χ1v) is 26.3. The van der Waals surface area contributed by atoms with Crippen molar-refractivity contribution >= 4 is 65.0 Å². The van der Waals surface area contributed by atoms with Crippen molar-refractivity contribution in [3.63, 3.8) is 0 Å². The van der Waals surface area contributed by atoms with E-state index in [0.717, 1.165) is 0 Å². The molecule has 0 aliphatic carbocycles. The van der Waals surface area contributed by atoms with Crippen LogP contribution in [0.15, 0.2) is 78.2 Å². The van der Waals surface area contributed by atoms with E-state index in [1.54, 1.807) is 88.4 Å². The van der Waals surface area contributed by atoms with Crippen LogP contribution in [0.2, 0.25) is 0 Å². The highest BCUT2D eigenvalue weighted by Gasteiger charge is 2.37. The van der Waals surface area contributed by atoms with Gasteiger partial charge < -0.3 is 81.3 Å². The van der Waals surface area contributed by atoms with E-state index in [1.165, 1.54) is 26.4 Å². The zero-order valence-electron chi connectivity index (χ0n) is 46.0. The lowest BCUT2D eigenvalue weighted by molar-refractivity contribution is -0.137. The van der Waals surface area contributed by atoms with Crippen molar-refractivity contribution in [3.8, 4) is 0 Å². The van der Waals surface area contributed by atoms with Gasteiger partial charge in [-0.15, -0.1) is 0 Å². The summed E-state index contributed by atoms with van der Waals surface area (Å²) in [5.41, 5.74) is 29.5. The monoisotopic (exact) mass is 1120 g/mol. The number of nitrogens with zero attached hydrogens (tertiary/aromatic N) is 2. The average molecular weight is 1120 g/mol. The number of aliphatic imine (C=N–C) groups is 1. The van der Waals surface area contributed by atoms with Crippen molar-refractivity contribution in [3.05, 3.63) is 90.0 Å². The Morgan fingerprint density at radius 2 is 0.963 bits per heavy atom. The number of nitrogens with one attached hydrogen (secondary N) is 9. The molecule has 0 aliphatic rings.